The molecule has 5 atom stereocenters. The molecule has 0 aromatic heterocycles. The molecular formula is C39H74FN5O7S. The molecule has 0 aromatic carbocycles. The number of urea groups is 1. The number of halogens is 1. The molecule has 12 nitrogen and oxygen atoms in total. The van der Waals surface area contributed by atoms with Crippen LogP contribution in [0.15, 0.2) is 12.7 Å². The predicted octanol–water partition coefficient (Wildman–Crippen LogP) is 6.39. The van der Waals surface area contributed by atoms with E-state index in [4.69, 9.17) is 0 Å². The molecule has 53 heavy (non-hydrogen) atoms. The second-order valence-electron chi connectivity index (χ2n) is 13.6. The summed E-state index contributed by atoms with van der Waals surface area (Å²) in [5, 5.41) is 7.45. The van der Waals surface area contributed by atoms with Gasteiger partial charge in [0.1, 0.15) is 18.4 Å². The molecule has 4 N–H and O–H groups in total. The molecule has 2 heterocycles. The Morgan fingerprint density at radius 2 is 1.49 bits per heavy atom. The molecule has 2 saturated heterocycles. The van der Waals surface area contributed by atoms with Crippen molar-refractivity contribution < 1.29 is 36.9 Å². The number of aldehydes is 1. The molecule has 3 fully saturated rings. The molecule has 0 radical (unpaired) electrons. The van der Waals surface area contributed by atoms with Crippen LogP contribution in [0, 0.1) is 11.8 Å². The van der Waals surface area contributed by atoms with E-state index < -0.39 is 57.0 Å². The Morgan fingerprint density at radius 1 is 0.887 bits per heavy atom. The number of rotatable bonds is 15. The number of unbranched alkanes of at least 4 members (excludes halogenated alkanes) is 1. The van der Waals surface area contributed by atoms with E-state index in [-0.39, 0.29) is 36.5 Å². The first-order valence-electron chi connectivity index (χ1n) is 20.1. The number of carbonyl (C=O) groups excluding carboxylic acids is 5. The predicted molar refractivity (Wildman–Crippen MR) is 213 cm³/mol. The normalized spacial score (nSPS) is 20.5. The Bertz CT molecular complexity index is 1160. The number of Topliss-reactive ketones (excluding diaryl/α,β-unsaturated/α-hetero) is 1. The number of carbonyl (C=O) groups is 5. The molecule has 310 valence electrons. The molecule has 4 amide bonds. The van der Waals surface area contributed by atoms with Gasteiger partial charge in [-0.05, 0) is 63.2 Å². The lowest BCUT2D eigenvalue weighted by atomic mass is 9.83. The van der Waals surface area contributed by atoms with Gasteiger partial charge >= 0.3 is 6.03 Å². The first-order chi connectivity index (χ1) is 25.3. The number of ketones is 1. The molecule has 2 aliphatic heterocycles. The van der Waals surface area contributed by atoms with Crippen LogP contribution >= 0.6 is 0 Å². The lowest BCUT2D eigenvalue weighted by Crippen LogP contribution is -2.58. The number of nitrogens with zero attached hydrogens (tertiary/aromatic N) is 1. The van der Waals surface area contributed by atoms with Crippen molar-refractivity contribution in [1.82, 2.24) is 26.4 Å². The van der Waals surface area contributed by atoms with E-state index in [1.54, 1.807) is 4.90 Å². The van der Waals surface area contributed by atoms with Gasteiger partial charge in [-0.3, -0.25) is 14.4 Å². The fourth-order valence-electron chi connectivity index (χ4n) is 6.39. The summed E-state index contributed by atoms with van der Waals surface area (Å²) in [5.74, 6) is -1.41. The summed E-state index contributed by atoms with van der Waals surface area (Å²) in [4.78, 5) is 61.7. The molecule has 3 aliphatic rings. The van der Waals surface area contributed by atoms with Crippen LogP contribution in [-0.4, -0.2) is 91.5 Å². The number of hydrogen-bond donors (Lipinski definition) is 4. The Labute approximate surface area is 320 Å². The quantitative estimate of drug-likeness (QED) is 0.0642. The fourth-order valence-corrected chi connectivity index (χ4v) is 8.55. The Balaban J connectivity index is 0. The van der Waals surface area contributed by atoms with Gasteiger partial charge in [0.2, 0.25) is 11.7 Å². The third-order valence-electron chi connectivity index (χ3n) is 9.28. The fraction of sp³-hybridized carbons (Fsp3) is 0.821. The first-order valence-corrected chi connectivity index (χ1v) is 21.9. The molecule has 3 rings (SSSR count). The van der Waals surface area contributed by atoms with Crippen molar-refractivity contribution in [2.45, 2.75) is 175 Å². The lowest BCUT2D eigenvalue weighted by Gasteiger charge is -2.34. The Kier molecular flexibility index (Phi) is 30.0. The maximum absolute atomic E-state index is 13.3. The first kappa shape index (κ1) is 52.2. The van der Waals surface area contributed by atoms with Gasteiger partial charge in [-0.2, -0.15) is 0 Å². The van der Waals surface area contributed by atoms with Crippen molar-refractivity contribution in [2.24, 2.45) is 11.8 Å². The van der Waals surface area contributed by atoms with Crippen LogP contribution in [0.25, 0.3) is 0 Å². The number of hydrogen-bond acceptors (Lipinski definition) is 8. The highest BCUT2D eigenvalue weighted by Gasteiger charge is 2.40. The molecule has 1 saturated carbocycles. The van der Waals surface area contributed by atoms with Gasteiger partial charge in [-0.1, -0.05) is 100 Å². The monoisotopic (exact) mass is 776 g/mol. The van der Waals surface area contributed by atoms with E-state index in [1.165, 1.54) is 24.5 Å². The minimum Gasteiger partial charge on any atom is -0.346 e. The van der Waals surface area contributed by atoms with Gasteiger partial charge in [0.25, 0.3) is 5.91 Å². The molecule has 0 bridgehead atoms. The van der Waals surface area contributed by atoms with Crippen LogP contribution in [0.4, 0.5) is 9.28 Å². The SMILES string of the molecule is C=CCNC(=O)C(=O)C(CC(C)C)NF.CC.CC.CCC(NC(=O)NC(C(=O)N1CCCC1C=O)C1CCCCC1)C1CCCS1(=O)=O.CCCC. The minimum absolute atomic E-state index is 0.0418. The molecular weight excluding hydrogens is 702 g/mol. The van der Waals surface area contributed by atoms with Crippen molar-refractivity contribution in [3.8, 4) is 0 Å². The van der Waals surface area contributed by atoms with Gasteiger partial charge < -0.3 is 25.6 Å². The minimum atomic E-state index is -3.19. The van der Waals surface area contributed by atoms with E-state index in [0.29, 0.717) is 32.2 Å². The van der Waals surface area contributed by atoms with Gasteiger partial charge in [0, 0.05) is 19.1 Å². The van der Waals surface area contributed by atoms with Crippen LogP contribution in [0.1, 0.15) is 146 Å². The average Bonchev–Trinajstić information content (AvgIpc) is 3.81. The lowest BCUT2D eigenvalue weighted by molar-refractivity contribution is -0.140. The molecule has 5 unspecified atom stereocenters. The second-order valence-corrected chi connectivity index (χ2v) is 15.9. The highest BCUT2D eigenvalue weighted by Crippen LogP contribution is 2.29. The van der Waals surface area contributed by atoms with Crippen molar-refractivity contribution in [2.75, 3.05) is 18.8 Å². The summed E-state index contributed by atoms with van der Waals surface area (Å²) < 4.78 is 36.9. The Morgan fingerprint density at radius 3 is 1.94 bits per heavy atom. The van der Waals surface area contributed by atoms with E-state index in [1.807, 2.05) is 48.5 Å². The topological polar surface area (TPSA) is 171 Å². The van der Waals surface area contributed by atoms with Gasteiger partial charge in [0.15, 0.2) is 9.84 Å². The molecule has 0 aromatic rings. The van der Waals surface area contributed by atoms with Crippen molar-refractivity contribution in [3.05, 3.63) is 12.7 Å². The zero-order chi connectivity index (χ0) is 41.0. The van der Waals surface area contributed by atoms with Crippen LogP contribution in [0.5, 0.6) is 0 Å². The van der Waals surface area contributed by atoms with Gasteiger partial charge in [-0.15, -0.1) is 16.6 Å². The van der Waals surface area contributed by atoms with E-state index in [2.05, 4.69) is 36.4 Å². The highest BCUT2D eigenvalue weighted by molar-refractivity contribution is 7.92. The largest absolute Gasteiger partial charge is 0.346 e. The standard InChI is InChI=1S/C21H35N3O5S.C10H17FN2O2.C4H10.2C2H6/c1-2-17(18-11-7-13-30(18,28)29)22-21(27)23-19(15-8-4-3-5-9-15)20(26)24-12-6-10-16(24)14-25;1-4-5-12-10(15)9(14)8(13-11)6-7(2)3;1-3-4-2;2*1-2/h14-19H,2-13H2,1H3,(H2,22,23,27);4,7-8,13H,1,5-6H2,2-3H3,(H,12,15);3-4H2,1-2H3;2*1-2H3. The van der Waals surface area contributed by atoms with E-state index >= 15 is 0 Å². The zero-order valence-corrected chi connectivity index (χ0v) is 35.1. The average molecular weight is 776 g/mol. The number of sulfone groups is 1. The van der Waals surface area contributed by atoms with Crippen molar-refractivity contribution in [1.29, 1.82) is 0 Å². The third-order valence-corrected chi connectivity index (χ3v) is 11.6. The van der Waals surface area contributed by atoms with Crippen LogP contribution in [0.2, 0.25) is 0 Å². The zero-order valence-electron chi connectivity index (χ0n) is 34.3. The van der Waals surface area contributed by atoms with Crippen LogP contribution in [-0.2, 0) is 29.0 Å². The van der Waals surface area contributed by atoms with Crippen LogP contribution in [0.3, 0.4) is 0 Å². The number of likely N-dealkylation sites (tertiary alicyclic amines) is 1. The maximum Gasteiger partial charge on any atom is 0.315 e. The highest BCUT2D eigenvalue weighted by atomic mass is 32.2. The third kappa shape index (κ3) is 19.3. The van der Waals surface area contributed by atoms with E-state index in [9.17, 15) is 36.9 Å². The Hall–Kier alpha value is -2.87. The summed E-state index contributed by atoms with van der Waals surface area (Å²) in [5.41, 5.74) is 1.35. The van der Waals surface area contributed by atoms with Crippen molar-refractivity contribution >= 4 is 39.8 Å². The van der Waals surface area contributed by atoms with Crippen LogP contribution < -0.4 is 21.5 Å². The van der Waals surface area contributed by atoms with E-state index in [0.717, 1.165) is 44.8 Å². The number of amides is 4. The van der Waals surface area contributed by atoms with Crippen molar-refractivity contribution in [3.63, 3.8) is 0 Å². The molecule has 0 spiro atoms. The van der Waals surface area contributed by atoms with Gasteiger partial charge in [-0.25, -0.2) is 13.2 Å². The molecule has 14 heteroatoms. The maximum atomic E-state index is 13.3. The van der Waals surface area contributed by atoms with Gasteiger partial charge in [0.05, 0.1) is 17.0 Å². The smallest absolute Gasteiger partial charge is 0.315 e. The second kappa shape index (κ2) is 30.5. The summed E-state index contributed by atoms with van der Waals surface area (Å²) in [7, 11) is -3.19. The number of nitrogens with one attached hydrogen (secondary N) is 4. The summed E-state index contributed by atoms with van der Waals surface area (Å²) in [6.07, 6.45) is 13.2. The summed E-state index contributed by atoms with van der Waals surface area (Å²) >= 11 is 0. The molecule has 1 aliphatic carbocycles. The summed E-state index contributed by atoms with van der Waals surface area (Å²) in [6.45, 7) is 22.0. The summed E-state index contributed by atoms with van der Waals surface area (Å²) in [6, 6.07) is -3.11.